The summed E-state index contributed by atoms with van der Waals surface area (Å²) in [5, 5.41) is 20.3. The van der Waals surface area contributed by atoms with Crippen LogP contribution in [0.25, 0.3) is 21.9 Å². The van der Waals surface area contributed by atoms with Crippen molar-refractivity contribution in [3.8, 4) is 11.1 Å². The number of amides is 2. The average molecular weight is 539 g/mol. The van der Waals surface area contributed by atoms with Gasteiger partial charge in [0.25, 0.3) is 0 Å². The number of hydrogen-bond acceptors (Lipinski definition) is 5. The number of aryl methyl sites for hydroxylation is 1. The van der Waals surface area contributed by atoms with Crippen molar-refractivity contribution in [2.45, 2.75) is 38.6 Å². The van der Waals surface area contributed by atoms with Gasteiger partial charge in [-0.2, -0.15) is 0 Å². The van der Waals surface area contributed by atoms with Crippen molar-refractivity contribution in [2.75, 3.05) is 18.4 Å². The second-order valence-corrected chi connectivity index (χ2v) is 9.75. The standard InChI is InChI=1S/C32H34N4O4/c1-22-16-18-34-29(19-22)33-17-5-4-11-30(37)35-21-31(38)36-28(20-32(39)40)25-14-12-24(13-15-25)27-10-6-8-23-7-2-3-9-26(23)27/h2-3,6-10,12-16,18-19,28H,4-5,11,17,20-21H2,1H3,(H,33,34)(H,35,37)(H,36,38)(H,39,40)/t28-/m0/s1. The molecule has 8 heteroatoms. The molecule has 4 rings (SSSR count). The number of nitrogens with zero attached hydrogens (tertiary/aromatic N) is 1. The summed E-state index contributed by atoms with van der Waals surface area (Å²) in [6.07, 6.45) is 3.22. The summed E-state index contributed by atoms with van der Waals surface area (Å²) in [6.45, 7) is 2.48. The molecule has 40 heavy (non-hydrogen) atoms. The predicted octanol–water partition coefficient (Wildman–Crippen LogP) is 5.24. The van der Waals surface area contributed by atoms with E-state index in [1.807, 2.05) is 67.6 Å². The van der Waals surface area contributed by atoms with Crippen LogP contribution in [0.2, 0.25) is 0 Å². The lowest BCUT2D eigenvalue weighted by atomic mass is 9.95. The number of carboxylic acid groups (broad SMARTS) is 1. The number of pyridine rings is 1. The van der Waals surface area contributed by atoms with E-state index in [9.17, 15) is 19.5 Å². The molecule has 0 bridgehead atoms. The van der Waals surface area contributed by atoms with E-state index in [1.165, 1.54) is 0 Å². The third kappa shape index (κ3) is 8.14. The summed E-state index contributed by atoms with van der Waals surface area (Å²) in [6, 6.07) is 25.0. The van der Waals surface area contributed by atoms with Gasteiger partial charge in [-0.05, 0) is 64.9 Å². The van der Waals surface area contributed by atoms with Gasteiger partial charge in [-0.1, -0.05) is 66.7 Å². The number of carbonyl (C=O) groups is 3. The lowest BCUT2D eigenvalue weighted by Gasteiger charge is -2.18. The largest absolute Gasteiger partial charge is 0.481 e. The van der Waals surface area contributed by atoms with Crippen molar-refractivity contribution < 1.29 is 19.5 Å². The van der Waals surface area contributed by atoms with Crippen LogP contribution in [0.4, 0.5) is 5.82 Å². The first kappa shape index (κ1) is 28.3. The molecule has 0 unspecified atom stereocenters. The van der Waals surface area contributed by atoms with Crippen LogP contribution < -0.4 is 16.0 Å². The molecule has 1 heterocycles. The second kappa shape index (κ2) is 13.9. The lowest BCUT2D eigenvalue weighted by molar-refractivity contribution is -0.138. The molecular formula is C32H34N4O4. The predicted molar refractivity (Wildman–Crippen MR) is 157 cm³/mol. The van der Waals surface area contributed by atoms with Gasteiger partial charge < -0.3 is 21.1 Å². The van der Waals surface area contributed by atoms with E-state index in [4.69, 9.17) is 0 Å². The Kier molecular flexibility index (Phi) is 9.83. The van der Waals surface area contributed by atoms with Gasteiger partial charge in [0.1, 0.15) is 5.82 Å². The third-order valence-corrected chi connectivity index (χ3v) is 6.63. The van der Waals surface area contributed by atoms with Crippen LogP contribution in [-0.2, 0) is 14.4 Å². The number of carboxylic acids is 1. The molecule has 4 N–H and O–H groups in total. The number of anilines is 1. The molecule has 0 fully saturated rings. The molecule has 0 saturated heterocycles. The molecule has 1 aromatic heterocycles. The monoisotopic (exact) mass is 538 g/mol. The SMILES string of the molecule is Cc1ccnc(NCCCCC(=O)NCC(=O)N[C@@H](CC(=O)O)c2ccc(-c3cccc4ccccc34)cc2)c1. The Bertz CT molecular complexity index is 1460. The fraction of sp³-hybridized carbons (Fsp3) is 0.250. The second-order valence-electron chi connectivity index (χ2n) is 9.75. The Morgan fingerprint density at radius 2 is 1.68 bits per heavy atom. The summed E-state index contributed by atoms with van der Waals surface area (Å²) in [5.41, 5.74) is 3.88. The van der Waals surface area contributed by atoms with Crippen LogP contribution in [0.3, 0.4) is 0 Å². The fourth-order valence-electron chi connectivity index (χ4n) is 4.57. The molecule has 2 amide bonds. The number of nitrogens with one attached hydrogen (secondary N) is 3. The van der Waals surface area contributed by atoms with Gasteiger partial charge in [-0.25, -0.2) is 4.98 Å². The van der Waals surface area contributed by atoms with Crippen molar-refractivity contribution in [3.63, 3.8) is 0 Å². The first-order valence-corrected chi connectivity index (χ1v) is 13.4. The van der Waals surface area contributed by atoms with Crippen LogP contribution in [0.1, 0.15) is 42.9 Å². The molecule has 0 saturated carbocycles. The molecule has 3 aromatic carbocycles. The van der Waals surface area contributed by atoms with E-state index in [1.54, 1.807) is 6.20 Å². The van der Waals surface area contributed by atoms with Crippen molar-refractivity contribution in [1.82, 2.24) is 15.6 Å². The first-order chi connectivity index (χ1) is 19.4. The lowest BCUT2D eigenvalue weighted by Crippen LogP contribution is -2.39. The molecule has 1 atom stereocenters. The number of rotatable bonds is 13. The smallest absolute Gasteiger partial charge is 0.305 e. The highest BCUT2D eigenvalue weighted by atomic mass is 16.4. The zero-order chi connectivity index (χ0) is 28.3. The highest BCUT2D eigenvalue weighted by Crippen LogP contribution is 2.30. The van der Waals surface area contributed by atoms with Gasteiger partial charge in [0.2, 0.25) is 11.8 Å². The number of unbranched alkanes of at least 4 members (excludes halogenated alkanes) is 1. The van der Waals surface area contributed by atoms with Gasteiger partial charge in [-0.15, -0.1) is 0 Å². The van der Waals surface area contributed by atoms with Gasteiger partial charge in [0.15, 0.2) is 0 Å². The zero-order valence-corrected chi connectivity index (χ0v) is 22.5. The number of hydrogen-bond donors (Lipinski definition) is 4. The molecule has 0 radical (unpaired) electrons. The van der Waals surface area contributed by atoms with Crippen molar-refractivity contribution >= 4 is 34.4 Å². The Balaban J connectivity index is 1.26. The van der Waals surface area contributed by atoms with E-state index in [2.05, 4.69) is 39.1 Å². The maximum absolute atomic E-state index is 12.6. The summed E-state index contributed by atoms with van der Waals surface area (Å²) < 4.78 is 0. The van der Waals surface area contributed by atoms with E-state index in [0.717, 1.165) is 39.7 Å². The summed E-state index contributed by atoms with van der Waals surface area (Å²) >= 11 is 0. The van der Waals surface area contributed by atoms with Crippen molar-refractivity contribution in [1.29, 1.82) is 0 Å². The molecular weight excluding hydrogens is 504 g/mol. The van der Waals surface area contributed by atoms with Gasteiger partial charge in [0, 0.05) is 19.2 Å². The van der Waals surface area contributed by atoms with E-state index < -0.39 is 17.9 Å². The van der Waals surface area contributed by atoms with Crippen LogP contribution >= 0.6 is 0 Å². The minimum absolute atomic E-state index is 0.214. The quantitative estimate of drug-likeness (QED) is 0.173. The van der Waals surface area contributed by atoms with Crippen molar-refractivity contribution in [3.05, 3.63) is 96.2 Å². The van der Waals surface area contributed by atoms with Crippen LogP contribution in [-0.4, -0.2) is 41.0 Å². The van der Waals surface area contributed by atoms with Gasteiger partial charge >= 0.3 is 5.97 Å². The van der Waals surface area contributed by atoms with Crippen LogP contribution in [0.5, 0.6) is 0 Å². The van der Waals surface area contributed by atoms with E-state index >= 15 is 0 Å². The third-order valence-electron chi connectivity index (χ3n) is 6.63. The molecule has 0 aliphatic carbocycles. The zero-order valence-electron chi connectivity index (χ0n) is 22.5. The molecule has 0 aliphatic heterocycles. The first-order valence-electron chi connectivity index (χ1n) is 13.4. The highest BCUT2D eigenvalue weighted by molar-refractivity contribution is 5.96. The number of carbonyl (C=O) groups excluding carboxylic acids is 2. The Hall–Kier alpha value is -4.72. The van der Waals surface area contributed by atoms with E-state index in [-0.39, 0.29) is 18.9 Å². The van der Waals surface area contributed by atoms with Crippen LogP contribution in [0.15, 0.2) is 85.1 Å². The Morgan fingerprint density at radius 3 is 2.45 bits per heavy atom. The van der Waals surface area contributed by atoms with Crippen LogP contribution in [0, 0.1) is 6.92 Å². The highest BCUT2D eigenvalue weighted by Gasteiger charge is 2.19. The molecule has 0 spiro atoms. The molecule has 4 aromatic rings. The molecule has 8 nitrogen and oxygen atoms in total. The normalized spacial score (nSPS) is 11.5. The Labute approximate surface area is 233 Å². The molecule has 206 valence electrons. The minimum Gasteiger partial charge on any atom is -0.481 e. The maximum atomic E-state index is 12.6. The maximum Gasteiger partial charge on any atom is 0.305 e. The van der Waals surface area contributed by atoms with Crippen molar-refractivity contribution in [2.24, 2.45) is 0 Å². The number of benzene rings is 3. The minimum atomic E-state index is -1.03. The Morgan fingerprint density at radius 1 is 0.900 bits per heavy atom. The van der Waals surface area contributed by atoms with E-state index in [0.29, 0.717) is 24.9 Å². The fourth-order valence-corrected chi connectivity index (χ4v) is 4.57. The van der Waals surface area contributed by atoms with Gasteiger partial charge in [0.05, 0.1) is 19.0 Å². The topological polar surface area (TPSA) is 120 Å². The average Bonchev–Trinajstić information content (AvgIpc) is 2.95. The van der Waals surface area contributed by atoms with Gasteiger partial charge in [-0.3, -0.25) is 14.4 Å². The number of fused-ring (bicyclic) bond motifs is 1. The number of aromatic nitrogens is 1. The summed E-state index contributed by atoms with van der Waals surface area (Å²) in [5.74, 6) is -0.884. The summed E-state index contributed by atoms with van der Waals surface area (Å²) in [7, 11) is 0. The molecule has 0 aliphatic rings. The number of aliphatic carboxylic acids is 1. The summed E-state index contributed by atoms with van der Waals surface area (Å²) in [4.78, 5) is 40.5.